The summed E-state index contributed by atoms with van der Waals surface area (Å²) in [5, 5.41) is 8.54. The van der Waals surface area contributed by atoms with Gasteiger partial charge in [0.05, 0.1) is 0 Å². The molecular weight excluding hydrogens is 434 g/mol. The minimum Gasteiger partial charge on any atom is -0.486 e. The Morgan fingerprint density at radius 1 is 1.00 bits per heavy atom. The van der Waals surface area contributed by atoms with Crippen LogP contribution in [0.3, 0.4) is 0 Å². The van der Waals surface area contributed by atoms with Gasteiger partial charge in [-0.15, -0.1) is 10.2 Å². The summed E-state index contributed by atoms with van der Waals surface area (Å²) in [6.45, 7) is 6.11. The minimum atomic E-state index is -0.423. The molecule has 2 aromatic carbocycles. The van der Waals surface area contributed by atoms with E-state index >= 15 is 0 Å². The largest absolute Gasteiger partial charge is 0.486 e. The second kappa shape index (κ2) is 10.7. The highest BCUT2D eigenvalue weighted by Gasteiger charge is 2.30. The monoisotopic (exact) mass is 465 g/mol. The van der Waals surface area contributed by atoms with Gasteiger partial charge in [-0.1, -0.05) is 68.1 Å². The fourth-order valence-electron chi connectivity index (χ4n) is 3.86. The Kier molecular flexibility index (Phi) is 7.54. The number of carbonyl (C=O) groups excluding carboxylic acids is 1. The number of nitrogen functional groups attached to an aromatic ring is 1. The van der Waals surface area contributed by atoms with Crippen LogP contribution in [0.2, 0.25) is 0 Å². The van der Waals surface area contributed by atoms with Gasteiger partial charge < -0.3 is 15.5 Å². The molecule has 1 amide bonds. The minimum absolute atomic E-state index is 0.0944. The van der Waals surface area contributed by atoms with Crippen LogP contribution < -0.4 is 10.6 Å². The summed E-state index contributed by atoms with van der Waals surface area (Å²) >= 11 is 1.34. The van der Waals surface area contributed by atoms with Gasteiger partial charge in [0.25, 0.3) is 0 Å². The highest BCUT2D eigenvalue weighted by atomic mass is 32.2. The Hall–Kier alpha value is -3.00. The van der Waals surface area contributed by atoms with E-state index in [0.29, 0.717) is 16.9 Å². The molecule has 7 nitrogen and oxygen atoms in total. The van der Waals surface area contributed by atoms with E-state index in [0.717, 1.165) is 37.2 Å². The number of amides is 1. The zero-order valence-corrected chi connectivity index (χ0v) is 20.0. The van der Waals surface area contributed by atoms with Crippen LogP contribution in [0.1, 0.15) is 61.2 Å². The molecule has 8 heteroatoms. The number of rotatable bonds is 8. The number of hydrogen-bond acceptors (Lipinski definition) is 6. The third-order valence-corrected chi connectivity index (χ3v) is 7.07. The molecule has 3 aromatic rings. The van der Waals surface area contributed by atoms with Crippen molar-refractivity contribution in [2.24, 2.45) is 0 Å². The number of ether oxygens (including phenoxy) is 1. The molecule has 33 heavy (non-hydrogen) atoms. The van der Waals surface area contributed by atoms with E-state index in [1.165, 1.54) is 28.4 Å². The normalized spacial score (nSPS) is 14.9. The molecule has 1 fully saturated rings. The van der Waals surface area contributed by atoms with Gasteiger partial charge >= 0.3 is 0 Å². The molecule has 0 bridgehead atoms. The van der Waals surface area contributed by atoms with Crippen LogP contribution in [0, 0.1) is 0 Å². The van der Waals surface area contributed by atoms with E-state index in [-0.39, 0.29) is 12.5 Å². The Labute approximate surface area is 199 Å². The van der Waals surface area contributed by atoms with Gasteiger partial charge in [0, 0.05) is 13.1 Å². The maximum absolute atomic E-state index is 13.4. The van der Waals surface area contributed by atoms with Crippen LogP contribution in [-0.4, -0.2) is 38.8 Å². The first-order valence-electron chi connectivity index (χ1n) is 11.5. The van der Waals surface area contributed by atoms with Crippen LogP contribution in [-0.2, 0) is 11.4 Å². The molecule has 1 atom stereocenters. The van der Waals surface area contributed by atoms with Crippen molar-refractivity contribution < 1.29 is 9.53 Å². The maximum atomic E-state index is 13.4. The molecule has 4 rings (SSSR count). The SMILES string of the molecule is CC(C)c1ccc(OCc2nnc(SC(C(=O)N3CCCCC3)c3ccccc3)n2N)cc1. The zero-order valence-electron chi connectivity index (χ0n) is 19.2. The summed E-state index contributed by atoms with van der Waals surface area (Å²) in [6.07, 6.45) is 3.27. The predicted octanol–water partition coefficient (Wildman–Crippen LogP) is 4.54. The first kappa shape index (κ1) is 23.2. The summed E-state index contributed by atoms with van der Waals surface area (Å²) in [5.74, 6) is 8.12. The molecule has 1 aliphatic rings. The smallest absolute Gasteiger partial charge is 0.240 e. The molecule has 1 aliphatic heterocycles. The van der Waals surface area contributed by atoms with Crippen LogP contribution in [0.15, 0.2) is 59.8 Å². The summed E-state index contributed by atoms with van der Waals surface area (Å²) in [4.78, 5) is 15.3. The standard InChI is InChI=1S/C25H31N5O2S/c1-18(2)19-11-13-21(14-12-19)32-17-22-27-28-25(30(22)26)33-23(20-9-5-3-6-10-20)24(31)29-15-7-4-8-16-29/h3,5-6,9-14,18,23H,4,7-8,15-17,26H2,1-2H3. The second-order valence-electron chi connectivity index (χ2n) is 8.58. The van der Waals surface area contributed by atoms with Crippen LogP contribution >= 0.6 is 11.8 Å². The number of piperidine rings is 1. The lowest BCUT2D eigenvalue weighted by molar-refractivity contribution is -0.131. The molecule has 0 saturated carbocycles. The summed E-state index contributed by atoms with van der Waals surface area (Å²) in [7, 11) is 0. The van der Waals surface area contributed by atoms with E-state index in [4.69, 9.17) is 10.6 Å². The van der Waals surface area contributed by atoms with E-state index in [1.807, 2.05) is 47.4 Å². The first-order valence-corrected chi connectivity index (χ1v) is 12.3. The third-order valence-electron chi connectivity index (χ3n) is 5.87. The number of benzene rings is 2. The van der Waals surface area contributed by atoms with Gasteiger partial charge in [-0.25, -0.2) is 4.68 Å². The van der Waals surface area contributed by atoms with Gasteiger partial charge in [0.1, 0.15) is 17.6 Å². The number of carbonyl (C=O) groups is 1. The lowest BCUT2D eigenvalue weighted by atomic mass is 10.0. The fraction of sp³-hybridized carbons (Fsp3) is 0.400. The highest BCUT2D eigenvalue weighted by Crippen LogP contribution is 2.36. The van der Waals surface area contributed by atoms with Crippen molar-refractivity contribution in [3.8, 4) is 5.75 Å². The number of likely N-dealkylation sites (tertiary alicyclic amines) is 1. The van der Waals surface area contributed by atoms with E-state index in [1.54, 1.807) is 0 Å². The molecule has 1 unspecified atom stereocenters. The van der Waals surface area contributed by atoms with Crippen molar-refractivity contribution in [2.75, 3.05) is 18.9 Å². The number of aromatic nitrogens is 3. The summed E-state index contributed by atoms with van der Waals surface area (Å²) in [5.41, 5.74) is 2.19. The fourth-order valence-corrected chi connectivity index (χ4v) is 4.92. The number of nitrogens with two attached hydrogens (primary N) is 1. The lowest BCUT2D eigenvalue weighted by Crippen LogP contribution is -2.38. The number of hydrogen-bond donors (Lipinski definition) is 1. The van der Waals surface area contributed by atoms with E-state index in [9.17, 15) is 4.79 Å². The highest BCUT2D eigenvalue weighted by molar-refractivity contribution is 8.00. The second-order valence-corrected chi connectivity index (χ2v) is 9.65. The van der Waals surface area contributed by atoms with E-state index < -0.39 is 5.25 Å². The molecule has 2 heterocycles. The molecule has 1 saturated heterocycles. The quantitative estimate of drug-likeness (QED) is 0.388. The van der Waals surface area contributed by atoms with E-state index in [2.05, 4.69) is 36.2 Å². The zero-order chi connectivity index (χ0) is 23.2. The van der Waals surface area contributed by atoms with Crippen molar-refractivity contribution in [1.82, 2.24) is 19.8 Å². The van der Waals surface area contributed by atoms with Gasteiger partial charge in [0.15, 0.2) is 5.82 Å². The average molecular weight is 466 g/mol. The van der Waals surface area contributed by atoms with Crippen molar-refractivity contribution in [2.45, 2.75) is 56.0 Å². The third kappa shape index (κ3) is 5.68. The molecule has 1 aromatic heterocycles. The van der Waals surface area contributed by atoms with Crippen LogP contribution in [0.5, 0.6) is 5.75 Å². The first-order chi connectivity index (χ1) is 16.0. The topological polar surface area (TPSA) is 86.3 Å². The Morgan fingerprint density at radius 2 is 1.70 bits per heavy atom. The molecular formula is C25H31N5O2S. The van der Waals surface area contributed by atoms with Crippen molar-refractivity contribution in [1.29, 1.82) is 0 Å². The van der Waals surface area contributed by atoms with Crippen LogP contribution in [0.25, 0.3) is 0 Å². The summed E-state index contributed by atoms with van der Waals surface area (Å²) in [6, 6.07) is 17.8. The molecule has 2 N–H and O–H groups in total. The molecule has 0 aliphatic carbocycles. The van der Waals surface area contributed by atoms with Crippen LogP contribution in [0.4, 0.5) is 0 Å². The Balaban J connectivity index is 1.47. The molecule has 0 radical (unpaired) electrons. The van der Waals surface area contributed by atoms with Gasteiger partial charge in [-0.05, 0) is 48.4 Å². The van der Waals surface area contributed by atoms with Crippen molar-refractivity contribution >= 4 is 17.7 Å². The lowest BCUT2D eigenvalue weighted by Gasteiger charge is -2.30. The van der Waals surface area contributed by atoms with Gasteiger partial charge in [-0.3, -0.25) is 4.79 Å². The van der Waals surface area contributed by atoms with Gasteiger partial charge in [0.2, 0.25) is 11.1 Å². The van der Waals surface area contributed by atoms with Crippen molar-refractivity contribution in [3.05, 3.63) is 71.5 Å². The number of nitrogens with zero attached hydrogens (tertiary/aromatic N) is 4. The average Bonchev–Trinajstić information content (AvgIpc) is 3.21. The summed E-state index contributed by atoms with van der Waals surface area (Å²) < 4.78 is 7.29. The molecule has 0 spiro atoms. The van der Waals surface area contributed by atoms with Gasteiger partial charge in [-0.2, -0.15) is 0 Å². The maximum Gasteiger partial charge on any atom is 0.240 e. The number of thioether (sulfide) groups is 1. The molecule has 174 valence electrons. The predicted molar refractivity (Wildman–Crippen MR) is 131 cm³/mol. The Bertz CT molecular complexity index is 1050. The Morgan fingerprint density at radius 3 is 2.36 bits per heavy atom. The van der Waals surface area contributed by atoms with Crippen molar-refractivity contribution in [3.63, 3.8) is 0 Å².